The van der Waals surface area contributed by atoms with Crippen LogP contribution in [0.25, 0.3) is 0 Å². The van der Waals surface area contributed by atoms with Gasteiger partial charge in [-0.15, -0.1) is 0 Å². The van der Waals surface area contributed by atoms with Crippen LogP contribution in [-0.4, -0.2) is 23.0 Å². The number of rotatable bonds is 4. The van der Waals surface area contributed by atoms with Gasteiger partial charge < -0.3 is 0 Å². The van der Waals surface area contributed by atoms with Crippen LogP contribution >= 0.6 is 11.6 Å². The minimum atomic E-state index is -0.402. The molecule has 0 radical (unpaired) electrons. The molecule has 1 fully saturated rings. The summed E-state index contributed by atoms with van der Waals surface area (Å²) in [5, 5.41) is 13.4. The molecule has 0 atom stereocenters. The maximum Gasteiger partial charge on any atom is 0.269 e. The van der Waals surface area contributed by atoms with Crippen molar-refractivity contribution in [2.75, 3.05) is 13.1 Å². The zero-order valence-electron chi connectivity index (χ0n) is 10.1. The van der Waals surface area contributed by atoms with Gasteiger partial charge in [0.15, 0.2) is 0 Å². The first-order valence-electron chi connectivity index (χ1n) is 6.08. The third kappa shape index (κ3) is 3.41. The molecule has 18 heavy (non-hydrogen) atoms. The largest absolute Gasteiger partial charge is 0.269 e. The third-order valence-electron chi connectivity index (χ3n) is 3.09. The van der Waals surface area contributed by atoms with Gasteiger partial charge in [0.25, 0.3) is 5.69 Å². The molecule has 1 aromatic carbocycles. The number of piperidine rings is 1. The van der Waals surface area contributed by atoms with Crippen LogP contribution in [0.5, 0.6) is 0 Å². The summed E-state index contributed by atoms with van der Waals surface area (Å²) in [6.07, 6.45) is 3.65. The summed E-state index contributed by atoms with van der Waals surface area (Å²) in [6.45, 7) is 2.57. The van der Waals surface area contributed by atoms with E-state index in [0.29, 0.717) is 11.6 Å². The number of nitrogens with zero attached hydrogens (tertiary/aromatic N) is 2. The molecule has 1 aliphatic heterocycles. The molecule has 98 valence electrons. The van der Waals surface area contributed by atoms with Crippen molar-refractivity contribution in [2.24, 2.45) is 0 Å². The molecule has 1 aromatic rings. The van der Waals surface area contributed by atoms with E-state index in [0.717, 1.165) is 18.7 Å². The SMILES string of the molecule is O=[N+]([O-])c1ccc(Cl)c(CNN2CCCCC2)c1. The minimum Gasteiger partial charge on any atom is -0.258 e. The molecule has 0 aromatic heterocycles. The normalized spacial score (nSPS) is 16.7. The number of benzene rings is 1. The summed E-state index contributed by atoms with van der Waals surface area (Å²) in [5.41, 5.74) is 4.11. The number of halogens is 1. The fourth-order valence-corrected chi connectivity index (χ4v) is 2.24. The Hall–Kier alpha value is -1.17. The van der Waals surface area contributed by atoms with Crippen molar-refractivity contribution in [2.45, 2.75) is 25.8 Å². The van der Waals surface area contributed by atoms with Crippen molar-refractivity contribution in [3.8, 4) is 0 Å². The van der Waals surface area contributed by atoms with Crippen LogP contribution in [-0.2, 0) is 6.54 Å². The standard InChI is InChI=1S/C12H16ClN3O2/c13-12-5-4-11(16(17)18)8-10(12)9-14-15-6-2-1-3-7-15/h4-5,8,14H,1-3,6-7,9H2. The number of hydrogen-bond acceptors (Lipinski definition) is 4. The Morgan fingerprint density at radius 1 is 1.33 bits per heavy atom. The average Bonchev–Trinajstić information content (AvgIpc) is 2.38. The summed E-state index contributed by atoms with van der Waals surface area (Å²) < 4.78 is 0. The van der Waals surface area contributed by atoms with Gasteiger partial charge >= 0.3 is 0 Å². The molecular weight excluding hydrogens is 254 g/mol. The lowest BCUT2D eigenvalue weighted by Crippen LogP contribution is -2.41. The molecule has 1 heterocycles. The number of non-ortho nitro benzene ring substituents is 1. The molecule has 0 saturated carbocycles. The first kappa shape index (κ1) is 13.3. The van der Waals surface area contributed by atoms with Gasteiger partial charge in [-0.1, -0.05) is 18.0 Å². The van der Waals surface area contributed by atoms with Crippen LogP contribution in [0.15, 0.2) is 18.2 Å². The summed E-state index contributed by atoms with van der Waals surface area (Å²) >= 11 is 6.04. The number of hydrogen-bond donors (Lipinski definition) is 1. The lowest BCUT2D eigenvalue weighted by atomic mass is 10.1. The third-order valence-corrected chi connectivity index (χ3v) is 3.46. The Bertz CT molecular complexity index is 433. The van der Waals surface area contributed by atoms with Crippen molar-refractivity contribution < 1.29 is 4.92 Å². The smallest absolute Gasteiger partial charge is 0.258 e. The summed E-state index contributed by atoms with van der Waals surface area (Å²) in [5.74, 6) is 0. The van der Waals surface area contributed by atoms with Crippen LogP contribution in [0.2, 0.25) is 5.02 Å². The molecule has 0 spiro atoms. The van der Waals surface area contributed by atoms with Gasteiger partial charge in [-0.05, 0) is 24.5 Å². The maximum atomic E-state index is 10.7. The van der Waals surface area contributed by atoms with E-state index < -0.39 is 4.92 Å². The molecular formula is C12H16ClN3O2. The summed E-state index contributed by atoms with van der Waals surface area (Å²) in [4.78, 5) is 10.3. The zero-order valence-corrected chi connectivity index (χ0v) is 10.8. The lowest BCUT2D eigenvalue weighted by molar-refractivity contribution is -0.384. The Kier molecular flexibility index (Phi) is 4.52. The lowest BCUT2D eigenvalue weighted by Gasteiger charge is -2.27. The van der Waals surface area contributed by atoms with Crippen LogP contribution < -0.4 is 5.43 Å². The highest BCUT2D eigenvalue weighted by atomic mass is 35.5. The predicted molar refractivity (Wildman–Crippen MR) is 70.4 cm³/mol. The molecule has 1 N–H and O–H groups in total. The number of nitrogens with one attached hydrogen (secondary N) is 1. The molecule has 1 saturated heterocycles. The average molecular weight is 270 g/mol. The van der Waals surface area contributed by atoms with Gasteiger partial charge in [0.1, 0.15) is 0 Å². The Balaban J connectivity index is 1.99. The van der Waals surface area contributed by atoms with Crippen LogP contribution in [0.3, 0.4) is 0 Å². The van der Waals surface area contributed by atoms with E-state index >= 15 is 0 Å². The predicted octanol–water partition coefficient (Wildman–Crippen LogP) is 2.74. The first-order valence-corrected chi connectivity index (χ1v) is 6.46. The molecule has 2 rings (SSSR count). The van der Waals surface area contributed by atoms with Crippen molar-refractivity contribution >= 4 is 17.3 Å². The Morgan fingerprint density at radius 2 is 2.06 bits per heavy atom. The molecule has 0 bridgehead atoms. The van der Waals surface area contributed by atoms with Crippen LogP contribution in [0, 0.1) is 10.1 Å². The van der Waals surface area contributed by atoms with Gasteiger partial charge in [0.2, 0.25) is 0 Å². The van der Waals surface area contributed by atoms with Crippen molar-refractivity contribution in [1.82, 2.24) is 10.4 Å². The molecule has 1 aliphatic rings. The van der Waals surface area contributed by atoms with E-state index in [1.165, 1.54) is 31.4 Å². The summed E-state index contributed by atoms with van der Waals surface area (Å²) in [7, 11) is 0. The Labute approximate surface area is 111 Å². The molecule has 0 unspecified atom stereocenters. The maximum absolute atomic E-state index is 10.7. The second-order valence-electron chi connectivity index (χ2n) is 4.42. The fraction of sp³-hybridized carbons (Fsp3) is 0.500. The number of nitro groups is 1. The number of hydrazine groups is 1. The zero-order chi connectivity index (χ0) is 13.0. The van der Waals surface area contributed by atoms with E-state index in [-0.39, 0.29) is 5.69 Å². The van der Waals surface area contributed by atoms with E-state index in [9.17, 15) is 10.1 Å². The quantitative estimate of drug-likeness (QED) is 0.674. The fourth-order valence-electron chi connectivity index (χ4n) is 2.06. The highest BCUT2D eigenvalue weighted by Crippen LogP contribution is 2.22. The van der Waals surface area contributed by atoms with Gasteiger partial charge in [0, 0.05) is 36.8 Å². The van der Waals surface area contributed by atoms with E-state index in [1.807, 2.05) is 0 Å². The minimum absolute atomic E-state index is 0.0786. The molecule has 0 amide bonds. The number of nitro benzene ring substituents is 1. The van der Waals surface area contributed by atoms with E-state index in [2.05, 4.69) is 10.4 Å². The van der Waals surface area contributed by atoms with E-state index in [4.69, 9.17) is 11.6 Å². The van der Waals surface area contributed by atoms with Crippen molar-refractivity contribution in [3.63, 3.8) is 0 Å². The van der Waals surface area contributed by atoms with Gasteiger partial charge in [-0.3, -0.25) is 15.5 Å². The highest BCUT2D eigenvalue weighted by Gasteiger charge is 2.12. The summed E-state index contributed by atoms with van der Waals surface area (Å²) in [6, 6.07) is 4.53. The van der Waals surface area contributed by atoms with Crippen molar-refractivity contribution in [3.05, 3.63) is 38.9 Å². The second kappa shape index (κ2) is 6.13. The van der Waals surface area contributed by atoms with E-state index in [1.54, 1.807) is 6.07 Å². The highest BCUT2D eigenvalue weighted by molar-refractivity contribution is 6.31. The van der Waals surface area contributed by atoms with Crippen LogP contribution in [0.1, 0.15) is 24.8 Å². The van der Waals surface area contributed by atoms with Gasteiger partial charge in [0.05, 0.1) is 4.92 Å². The topological polar surface area (TPSA) is 58.4 Å². The van der Waals surface area contributed by atoms with Crippen molar-refractivity contribution in [1.29, 1.82) is 0 Å². The monoisotopic (exact) mass is 269 g/mol. The molecule has 6 heteroatoms. The first-order chi connectivity index (χ1) is 8.66. The van der Waals surface area contributed by atoms with Gasteiger partial charge in [-0.2, -0.15) is 0 Å². The Morgan fingerprint density at radius 3 is 2.72 bits per heavy atom. The molecule has 5 nitrogen and oxygen atoms in total. The van der Waals surface area contributed by atoms with Gasteiger partial charge in [-0.25, -0.2) is 5.01 Å². The van der Waals surface area contributed by atoms with Crippen LogP contribution in [0.4, 0.5) is 5.69 Å². The second-order valence-corrected chi connectivity index (χ2v) is 4.82. The molecule has 0 aliphatic carbocycles.